The standard InChI is InChI=1S/C16H23N3O3S/c20-16(19-4-1-2-5-22-19)14-11-21-10-12-7-18(8-13(12)14)9-15-17-3-6-23-15/h3,6,12-14H,1-2,4-5,7-11H2/t12-,13-,14-/m1/s1. The number of thiazole rings is 1. The topological polar surface area (TPSA) is 54.9 Å². The molecule has 3 saturated heterocycles. The predicted molar refractivity (Wildman–Crippen MR) is 85.6 cm³/mol. The number of amides is 1. The summed E-state index contributed by atoms with van der Waals surface area (Å²) in [7, 11) is 0. The van der Waals surface area contributed by atoms with Crippen LogP contribution >= 0.6 is 11.3 Å². The second kappa shape index (κ2) is 6.84. The number of hydroxylamine groups is 2. The van der Waals surface area contributed by atoms with Crippen molar-refractivity contribution in [3.05, 3.63) is 16.6 Å². The van der Waals surface area contributed by atoms with Crippen LogP contribution < -0.4 is 0 Å². The molecule has 3 atom stereocenters. The molecule has 3 aliphatic rings. The van der Waals surface area contributed by atoms with Crippen LogP contribution in [0.2, 0.25) is 0 Å². The smallest absolute Gasteiger partial charge is 0.251 e. The molecule has 1 aromatic rings. The van der Waals surface area contributed by atoms with Gasteiger partial charge in [-0.3, -0.25) is 14.5 Å². The van der Waals surface area contributed by atoms with Gasteiger partial charge in [-0.05, 0) is 24.7 Å². The Balaban J connectivity index is 1.41. The zero-order valence-electron chi connectivity index (χ0n) is 13.2. The highest BCUT2D eigenvalue weighted by molar-refractivity contribution is 7.09. The summed E-state index contributed by atoms with van der Waals surface area (Å²) < 4.78 is 5.75. The Kier molecular flexibility index (Phi) is 4.61. The van der Waals surface area contributed by atoms with E-state index in [9.17, 15) is 4.79 Å². The SMILES string of the molecule is O=C([C@@H]1COC[C@H]2CN(Cc3nccs3)C[C@H]21)N1CCCCO1. The lowest BCUT2D eigenvalue weighted by atomic mass is 9.82. The van der Waals surface area contributed by atoms with Gasteiger partial charge in [-0.15, -0.1) is 11.3 Å². The molecule has 0 saturated carbocycles. The molecule has 0 unspecified atom stereocenters. The molecule has 1 aromatic heterocycles. The first-order chi connectivity index (χ1) is 11.3. The first-order valence-corrected chi connectivity index (χ1v) is 9.32. The van der Waals surface area contributed by atoms with E-state index >= 15 is 0 Å². The fourth-order valence-corrected chi connectivity index (χ4v) is 4.61. The summed E-state index contributed by atoms with van der Waals surface area (Å²) in [6.07, 6.45) is 3.93. The van der Waals surface area contributed by atoms with E-state index in [1.54, 1.807) is 16.4 Å². The van der Waals surface area contributed by atoms with E-state index in [2.05, 4.69) is 9.88 Å². The lowest BCUT2D eigenvalue weighted by molar-refractivity contribution is -0.207. The Hall–Kier alpha value is -1.02. The number of carbonyl (C=O) groups is 1. The van der Waals surface area contributed by atoms with Gasteiger partial charge in [-0.1, -0.05) is 0 Å². The van der Waals surface area contributed by atoms with E-state index in [-0.39, 0.29) is 11.8 Å². The first-order valence-electron chi connectivity index (χ1n) is 8.44. The van der Waals surface area contributed by atoms with Crippen LogP contribution in [-0.4, -0.2) is 60.3 Å². The number of hydrogen-bond acceptors (Lipinski definition) is 6. The minimum absolute atomic E-state index is 0.0619. The summed E-state index contributed by atoms with van der Waals surface area (Å²) in [6.45, 7) is 5.51. The summed E-state index contributed by atoms with van der Waals surface area (Å²) in [6, 6.07) is 0. The molecule has 7 heteroatoms. The predicted octanol–water partition coefficient (Wildman–Crippen LogP) is 1.39. The quantitative estimate of drug-likeness (QED) is 0.834. The van der Waals surface area contributed by atoms with Gasteiger partial charge < -0.3 is 4.74 Å². The molecule has 23 heavy (non-hydrogen) atoms. The van der Waals surface area contributed by atoms with Crippen LogP contribution in [0.3, 0.4) is 0 Å². The monoisotopic (exact) mass is 337 g/mol. The van der Waals surface area contributed by atoms with Crippen molar-refractivity contribution in [2.45, 2.75) is 19.4 Å². The van der Waals surface area contributed by atoms with E-state index in [0.29, 0.717) is 25.0 Å². The normalized spacial score (nSPS) is 32.0. The zero-order chi connectivity index (χ0) is 15.6. The maximum absolute atomic E-state index is 12.8. The van der Waals surface area contributed by atoms with Gasteiger partial charge in [-0.25, -0.2) is 10.0 Å². The molecule has 1 amide bonds. The maximum Gasteiger partial charge on any atom is 0.251 e. The van der Waals surface area contributed by atoms with Gasteiger partial charge in [-0.2, -0.15) is 0 Å². The summed E-state index contributed by atoms with van der Waals surface area (Å²) in [5, 5.41) is 4.75. The van der Waals surface area contributed by atoms with E-state index in [1.165, 1.54) is 0 Å². The van der Waals surface area contributed by atoms with Gasteiger partial charge in [0.1, 0.15) is 5.01 Å². The van der Waals surface area contributed by atoms with Crippen molar-refractivity contribution in [3.8, 4) is 0 Å². The van der Waals surface area contributed by atoms with Crippen LogP contribution in [0.4, 0.5) is 0 Å². The first kappa shape index (κ1) is 15.5. The highest BCUT2D eigenvalue weighted by atomic mass is 32.1. The summed E-state index contributed by atoms with van der Waals surface area (Å²) >= 11 is 1.69. The van der Waals surface area contributed by atoms with Crippen molar-refractivity contribution in [2.75, 3.05) is 39.5 Å². The number of nitrogens with zero attached hydrogens (tertiary/aromatic N) is 3. The van der Waals surface area contributed by atoms with Gasteiger partial charge in [0, 0.05) is 31.2 Å². The molecule has 6 nitrogen and oxygen atoms in total. The van der Waals surface area contributed by atoms with E-state index in [1.807, 2.05) is 11.6 Å². The third kappa shape index (κ3) is 3.28. The Morgan fingerprint density at radius 2 is 2.30 bits per heavy atom. The second-order valence-corrected chi connectivity index (χ2v) is 7.65. The van der Waals surface area contributed by atoms with Crippen LogP contribution in [0, 0.1) is 17.8 Å². The zero-order valence-corrected chi connectivity index (χ0v) is 14.0. The van der Waals surface area contributed by atoms with Gasteiger partial charge in [0.15, 0.2) is 0 Å². The number of rotatable bonds is 3. The average molecular weight is 337 g/mol. The molecule has 0 bridgehead atoms. The molecule has 4 rings (SSSR count). The minimum Gasteiger partial charge on any atom is -0.380 e. The molecule has 3 fully saturated rings. The minimum atomic E-state index is -0.0619. The molecule has 126 valence electrons. The summed E-state index contributed by atoms with van der Waals surface area (Å²) in [5.41, 5.74) is 0. The van der Waals surface area contributed by atoms with E-state index in [0.717, 1.165) is 50.6 Å². The van der Waals surface area contributed by atoms with Crippen molar-refractivity contribution in [2.24, 2.45) is 17.8 Å². The Bertz CT molecular complexity index is 533. The summed E-state index contributed by atoms with van der Waals surface area (Å²) in [4.78, 5) is 25.2. The summed E-state index contributed by atoms with van der Waals surface area (Å²) in [5.74, 6) is 0.882. The van der Waals surface area contributed by atoms with Crippen molar-refractivity contribution in [1.82, 2.24) is 14.9 Å². The Labute approximate surface area is 140 Å². The number of aromatic nitrogens is 1. The van der Waals surface area contributed by atoms with Crippen LogP contribution in [0.25, 0.3) is 0 Å². The Morgan fingerprint density at radius 1 is 1.35 bits per heavy atom. The molecule has 0 aliphatic carbocycles. The third-order valence-corrected chi connectivity index (χ3v) is 5.89. The largest absolute Gasteiger partial charge is 0.380 e. The molecule has 0 aromatic carbocycles. The molecule has 0 spiro atoms. The molecule has 4 heterocycles. The number of hydrogen-bond donors (Lipinski definition) is 0. The van der Waals surface area contributed by atoms with E-state index in [4.69, 9.17) is 9.57 Å². The van der Waals surface area contributed by atoms with Gasteiger partial charge in [0.25, 0.3) is 5.91 Å². The molecule has 0 N–H and O–H groups in total. The Morgan fingerprint density at radius 3 is 3.09 bits per heavy atom. The van der Waals surface area contributed by atoms with Crippen LogP contribution in [-0.2, 0) is 20.9 Å². The van der Waals surface area contributed by atoms with Crippen molar-refractivity contribution < 1.29 is 14.4 Å². The maximum atomic E-state index is 12.8. The fraction of sp³-hybridized carbons (Fsp3) is 0.750. The number of fused-ring (bicyclic) bond motifs is 1. The van der Waals surface area contributed by atoms with Crippen LogP contribution in [0.15, 0.2) is 11.6 Å². The fourth-order valence-electron chi connectivity index (χ4n) is 3.95. The van der Waals surface area contributed by atoms with Crippen molar-refractivity contribution in [1.29, 1.82) is 0 Å². The molecule has 0 radical (unpaired) electrons. The molecule has 3 aliphatic heterocycles. The highest BCUT2D eigenvalue weighted by Crippen LogP contribution is 2.36. The van der Waals surface area contributed by atoms with Gasteiger partial charge in [0.05, 0.1) is 32.3 Å². The van der Waals surface area contributed by atoms with Gasteiger partial charge in [0.2, 0.25) is 0 Å². The van der Waals surface area contributed by atoms with E-state index < -0.39 is 0 Å². The number of carbonyl (C=O) groups excluding carboxylic acids is 1. The molecular weight excluding hydrogens is 314 g/mol. The lowest BCUT2D eigenvalue weighted by Crippen LogP contribution is -2.47. The molecular formula is C16H23N3O3S. The van der Waals surface area contributed by atoms with Crippen molar-refractivity contribution in [3.63, 3.8) is 0 Å². The van der Waals surface area contributed by atoms with Crippen molar-refractivity contribution >= 4 is 17.2 Å². The van der Waals surface area contributed by atoms with Gasteiger partial charge >= 0.3 is 0 Å². The second-order valence-electron chi connectivity index (χ2n) is 6.67. The van der Waals surface area contributed by atoms with Crippen LogP contribution in [0.5, 0.6) is 0 Å². The lowest BCUT2D eigenvalue weighted by Gasteiger charge is -2.36. The number of ether oxygens (including phenoxy) is 1. The average Bonchev–Trinajstić information content (AvgIpc) is 3.24. The highest BCUT2D eigenvalue weighted by Gasteiger charge is 2.45. The van der Waals surface area contributed by atoms with Crippen LogP contribution in [0.1, 0.15) is 17.8 Å². The number of likely N-dealkylation sites (tertiary alicyclic amines) is 1. The third-order valence-electron chi connectivity index (χ3n) is 5.12.